The van der Waals surface area contributed by atoms with E-state index < -0.39 is 0 Å². The Bertz CT molecular complexity index is 359. The molecule has 1 amide bonds. The summed E-state index contributed by atoms with van der Waals surface area (Å²) >= 11 is 0. The Morgan fingerprint density at radius 3 is 2.16 bits per heavy atom. The van der Waals surface area contributed by atoms with E-state index in [9.17, 15) is 4.79 Å². The van der Waals surface area contributed by atoms with Crippen LogP contribution in [0.5, 0.6) is 0 Å². The first-order chi connectivity index (χ1) is 8.59. The molecule has 1 aliphatic carbocycles. The van der Waals surface area contributed by atoms with E-state index in [0.717, 1.165) is 13.0 Å². The summed E-state index contributed by atoms with van der Waals surface area (Å²) in [6, 6.07) is 0.0278. The number of nitrogens with one attached hydrogen (secondary N) is 1. The Hall–Kier alpha value is -0.570. The second-order valence-corrected chi connectivity index (χ2v) is 8.01. The molecule has 19 heavy (non-hydrogen) atoms. The molecule has 1 heterocycles. The summed E-state index contributed by atoms with van der Waals surface area (Å²) in [5.41, 5.74) is 0.701. The summed E-state index contributed by atoms with van der Waals surface area (Å²) in [5.74, 6) is 1.48. The minimum Gasteiger partial charge on any atom is -0.326 e. The van der Waals surface area contributed by atoms with Crippen LogP contribution in [0.15, 0.2) is 0 Å². The van der Waals surface area contributed by atoms with Crippen LogP contribution in [-0.2, 0) is 4.79 Å². The largest absolute Gasteiger partial charge is 0.326 e. The fraction of sp³-hybridized carbons (Fsp3) is 0.938. The Labute approximate surface area is 118 Å². The summed E-state index contributed by atoms with van der Waals surface area (Å²) in [7, 11) is 0. The highest BCUT2D eigenvalue weighted by atomic mass is 16.2. The zero-order valence-electron chi connectivity index (χ0n) is 13.6. The summed E-state index contributed by atoms with van der Waals surface area (Å²) in [6.45, 7) is 16.7. The molecule has 0 spiro atoms. The molecule has 1 aliphatic heterocycles. The van der Waals surface area contributed by atoms with Gasteiger partial charge in [0.25, 0.3) is 0 Å². The van der Waals surface area contributed by atoms with Crippen LogP contribution in [0.4, 0.5) is 0 Å². The van der Waals surface area contributed by atoms with Crippen LogP contribution in [0.2, 0.25) is 0 Å². The van der Waals surface area contributed by atoms with Gasteiger partial charge in [-0.2, -0.15) is 0 Å². The standard InChI is InChI=1S/C16H30N2O/c1-10(2)8-12-14(19)18(11(3)17-12)9-13-15(4,5)16(13,6)7/h10-13,17H,8-9H2,1-7H3. The molecule has 1 saturated carbocycles. The van der Waals surface area contributed by atoms with Gasteiger partial charge in [-0.1, -0.05) is 41.5 Å². The molecule has 2 atom stereocenters. The van der Waals surface area contributed by atoms with Crippen molar-refractivity contribution in [2.45, 2.75) is 67.1 Å². The molecule has 0 aromatic rings. The maximum atomic E-state index is 12.5. The number of amides is 1. The molecule has 3 heteroatoms. The SMILES string of the molecule is CC(C)CC1NC(C)N(CC2C(C)(C)C2(C)C)C1=O. The van der Waals surface area contributed by atoms with Gasteiger partial charge in [-0.25, -0.2) is 0 Å². The third kappa shape index (κ3) is 2.31. The fourth-order valence-electron chi connectivity index (χ4n) is 3.72. The lowest BCUT2D eigenvalue weighted by Gasteiger charge is -2.22. The second kappa shape index (κ2) is 4.47. The summed E-state index contributed by atoms with van der Waals surface area (Å²) < 4.78 is 0. The molecular formula is C16H30N2O. The van der Waals surface area contributed by atoms with Gasteiger partial charge >= 0.3 is 0 Å². The first-order valence-electron chi connectivity index (χ1n) is 7.65. The molecular weight excluding hydrogens is 236 g/mol. The Morgan fingerprint density at radius 2 is 1.74 bits per heavy atom. The summed E-state index contributed by atoms with van der Waals surface area (Å²) in [5, 5.41) is 3.45. The summed E-state index contributed by atoms with van der Waals surface area (Å²) in [6.07, 6.45) is 1.13. The number of rotatable bonds is 4. The molecule has 2 rings (SSSR count). The van der Waals surface area contributed by atoms with Crippen molar-refractivity contribution in [1.82, 2.24) is 10.2 Å². The van der Waals surface area contributed by atoms with Gasteiger partial charge in [0.05, 0.1) is 12.2 Å². The topological polar surface area (TPSA) is 32.3 Å². The van der Waals surface area contributed by atoms with E-state index in [2.05, 4.69) is 58.7 Å². The van der Waals surface area contributed by atoms with Gasteiger partial charge < -0.3 is 4.90 Å². The molecule has 0 radical (unpaired) electrons. The number of nitrogens with zero attached hydrogens (tertiary/aromatic N) is 1. The van der Waals surface area contributed by atoms with E-state index in [1.807, 2.05) is 0 Å². The molecule has 110 valence electrons. The fourth-order valence-corrected chi connectivity index (χ4v) is 3.72. The molecule has 1 saturated heterocycles. The molecule has 2 aliphatic rings. The van der Waals surface area contributed by atoms with Crippen molar-refractivity contribution >= 4 is 5.91 Å². The Kier molecular flexibility index (Phi) is 3.49. The number of carbonyl (C=O) groups excluding carboxylic acids is 1. The number of carbonyl (C=O) groups is 1. The van der Waals surface area contributed by atoms with E-state index in [-0.39, 0.29) is 12.2 Å². The van der Waals surface area contributed by atoms with Gasteiger partial charge in [0.15, 0.2) is 0 Å². The Balaban J connectivity index is 2.01. The van der Waals surface area contributed by atoms with Crippen molar-refractivity contribution in [3.05, 3.63) is 0 Å². The van der Waals surface area contributed by atoms with Crippen LogP contribution < -0.4 is 5.32 Å². The average molecular weight is 266 g/mol. The van der Waals surface area contributed by atoms with Crippen molar-refractivity contribution in [2.24, 2.45) is 22.7 Å². The Morgan fingerprint density at radius 1 is 1.21 bits per heavy atom. The average Bonchev–Trinajstić information content (AvgIpc) is 2.48. The number of hydrogen-bond donors (Lipinski definition) is 1. The summed E-state index contributed by atoms with van der Waals surface area (Å²) in [4.78, 5) is 14.6. The number of hydrogen-bond acceptors (Lipinski definition) is 2. The lowest BCUT2D eigenvalue weighted by atomic mass is 10.0. The van der Waals surface area contributed by atoms with Gasteiger partial charge in [0.1, 0.15) is 0 Å². The first-order valence-corrected chi connectivity index (χ1v) is 7.65. The van der Waals surface area contributed by atoms with Crippen molar-refractivity contribution in [1.29, 1.82) is 0 Å². The van der Waals surface area contributed by atoms with E-state index in [4.69, 9.17) is 0 Å². The molecule has 2 fully saturated rings. The van der Waals surface area contributed by atoms with E-state index in [1.165, 1.54) is 0 Å². The second-order valence-electron chi connectivity index (χ2n) is 8.01. The van der Waals surface area contributed by atoms with Crippen molar-refractivity contribution in [3.8, 4) is 0 Å². The zero-order chi connectivity index (χ0) is 14.6. The third-order valence-corrected chi connectivity index (χ3v) is 5.90. The van der Waals surface area contributed by atoms with Crippen molar-refractivity contribution in [3.63, 3.8) is 0 Å². The van der Waals surface area contributed by atoms with Gasteiger partial charge in [-0.05, 0) is 36.0 Å². The highest BCUT2D eigenvalue weighted by molar-refractivity contribution is 5.84. The van der Waals surface area contributed by atoms with Crippen LogP contribution in [0.1, 0.15) is 54.9 Å². The first kappa shape index (κ1) is 14.8. The van der Waals surface area contributed by atoms with Crippen molar-refractivity contribution < 1.29 is 4.79 Å². The van der Waals surface area contributed by atoms with Crippen LogP contribution in [0, 0.1) is 22.7 Å². The monoisotopic (exact) mass is 266 g/mol. The highest BCUT2D eigenvalue weighted by Crippen LogP contribution is 2.68. The van der Waals surface area contributed by atoms with Gasteiger partial charge in [0, 0.05) is 6.54 Å². The smallest absolute Gasteiger partial charge is 0.241 e. The quantitative estimate of drug-likeness (QED) is 0.848. The molecule has 0 aromatic carbocycles. The molecule has 2 unspecified atom stereocenters. The van der Waals surface area contributed by atoms with E-state index >= 15 is 0 Å². The predicted octanol–water partition coefficient (Wildman–Crippen LogP) is 2.86. The molecule has 0 aromatic heterocycles. The highest BCUT2D eigenvalue weighted by Gasteiger charge is 2.65. The normalized spacial score (nSPS) is 33.3. The minimum absolute atomic E-state index is 0.0278. The molecule has 3 nitrogen and oxygen atoms in total. The maximum Gasteiger partial charge on any atom is 0.241 e. The molecule has 0 bridgehead atoms. The lowest BCUT2D eigenvalue weighted by molar-refractivity contribution is -0.130. The van der Waals surface area contributed by atoms with E-state index in [0.29, 0.717) is 28.6 Å². The van der Waals surface area contributed by atoms with Crippen molar-refractivity contribution in [2.75, 3.05) is 6.54 Å². The van der Waals surface area contributed by atoms with Crippen LogP contribution >= 0.6 is 0 Å². The maximum absolute atomic E-state index is 12.5. The van der Waals surface area contributed by atoms with Crippen LogP contribution in [0.25, 0.3) is 0 Å². The lowest BCUT2D eigenvalue weighted by Crippen LogP contribution is -2.37. The minimum atomic E-state index is 0.0278. The third-order valence-electron chi connectivity index (χ3n) is 5.90. The van der Waals surface area contributed by atoms with Gasteiger partial charge in [-0.3, -0.25) is 10.1 Å². The van der Waals surface area contributed by atoms with Crippen LogP contribution in [-0.4, -0.2) is 29.6 Å². The molecule has 1 N–H and O–H groups in total. The zero-order valence-corrected chi connectivity index (χ0v) is 13.6. The predicted molar refractivity (Wildman–Crippen MR) is 78.6 cm³/mol. The van der Waals surface area contributed by atoms with Crippen LogP contribution in [0.3, 0.4) is 0 Å². The van der Waals surface area contributed by atoms with E-state index in [1.54, 1.807) is 0 Å². The van der Waals surface area contributed by atoms with Gasteiger partial charge in [-0.15, -0.1) is 0 Å². The van der Waals surface area contributed by atoms with Gasteiger partial charge in [0.2, 0.25) is 5.91 Å².